The molecule has 2 aromatic rings. The highest BCUT2D eigenvalue weighted by Crippen LogP contribution is 2.33. The molecule has 0 aliphatic rings. The molecule has 2 N–H and O–H groups in total. The van der Waals surface area contributed by atoms with E-state index >= 15 is 0 Å². The topological polar surface area (TPSA) is 49.8 Å². The Morgan fingerprint density at radius 1 is 0.900 bits per heavy atom. The van der Waals surface area contributed by atoms with Crippen LogP contribution >= 0.6 is 0 Å². The summed E-state index contributed by atoms with van der Waals surface area (Å²) >= 11 is 0. The van der Waals surface area contributed by atoms with E-state index < -0.39 is 17.2 Å². The molecule has 164 valence electrons. The molecule has 0 saturated carbocycles. The van der Waals surface area contributed by atoms with E-state index in [9.17, 15) is 13.2 Å². The Hall–Kier alpha value is -2.57. The van der Waals surface area contributed by atoms with Gasteiger partial charge in [0.15, 0.2) is 0 Å². The summed E-state index contributed by atoms with van der Waals surface area (Å²) in [5, 5.41) is 6.57. The number of benzene rings is 1. The molecule has 0 bridgehead atoms. The molecule has 2 rings (SSSR count). The lowest BCUT2D eigenvalue weighted by molar-refractivity contribution is -0.137. The average Bonchev–Trinajstić information content (AvgIpc) is 2.69. The molecule has 0 unspecified atom stereocenters. The highest BCUT2D eigenvalue weighted by atomic mass is 19.4. The maximum Gasteiger partial charge on any atom is 0.416 e. The third kappa shape index (κ3) is 6.21. The van der Waals surface area contributed by atoms with Gasteiger partial charge in [-0.25, -0.2) is 4.98 Å². The monoisotopic (exact) mass is 420 g/mol. The van der Waals surface area contributed by atoms with Crippen LogP contribution in [0.15, 0.2) is 30.3 Å². The van der Waals surface area contributed by atoms with Crippen molar-refractivity contribution in [3.05, 3.63) is 52.7 Å². The second-order valence-electron chi connectivity index (χ2n) is 7.88. The highest BCUT2D eigenvalue weighted by Gasteiger charge is 2.30. The number of alkyl halides is 3. The number of nitrogens with one attached hydrogen (secondary N) is 2. The molecule has 0 saturated heterocycles. The van der Waals surface area contributed by atoms with Gasteiger partial charge in [-0.2, -0.15) is 18.2 Å². The molecular weight excluding hydrogens is 389 g/mol. The first-order chi connectivity index (χ1) is 14.1. The minimum Gasteiger partial charge on any atom is -0.369 e. The fraction of sp³-hybridized carbons (Fsp3) is 0.478. The summed E-state index contributed by atoms with van der Waals surface area (Å²) < 4.78 is 38.5. The van der Waals surface area contributed by atoms with Gasteiger partial charge in [0, 0.05) is 24.1 Å². The number of anilines is 2. The average molecular weight is 421 g/mol. The molecule has 0 radical (unpaired) electrons. The number of halogens is 3. The van der Waals surface area contributed by atoms with Crippen molar-refractivity contribution in [3.63, 3.8) is 0 Å². The Balaban J connectivity index is 2.33. The Labute approximate surface area is 177 Å². The van der Waals surface area contributed by atoms with E-state index in [1.54, 1.807) is 0 Å². The molecule has 7 heteroatoms. The Morgan fingerprint density at radius 3 is 2.03 bits per heavy atom. The number of aryl methyl sites for hydroxylation is 1. The maximum absolute atomic E-state index is 12.8. The van der Waals surface area contributed by atoms with Gasteiger partial charge in [-0.05, 0) is 37.5 Å². The summed E-state index contributed by atoms with van der Waals surface area (Å²) in [6.45, 7) is 11.6. The first-order valence-electron chi connectivity index (χ1n) is 10.3. The van der Waals surface area contributed by atoms with E-state index in [-0.39, 0.29) is 0 Å². The minimum atomic E-state index is -4.33. The van der Waals surface area contributed by atoms with Crippen LogP contribution in [0.3, 0.4) is 0 Å². The first kappa shape index (κ1) is 23.7. The van der Waals surface area contributed by atoms with E-state index in [2.05, 4.69) is 34.4 Å². The van der Waals surface area contributed by atoms with E-state index in [4.69, 9.17) is 0 Å². The molecule has 0 aliphatic heterocycles. The third-order valence-corrected chi connectivity index (χ3v) is 4.83. The number of rotatable bonds is 9. The van der Waals surface area contributed by atoms with Crippen molar-refractivity contribution in [1.29, 1.82) is 0 Å². The predicted molar refractivity (Wildman–Crippen MR) is 118 cm³/mol. The number of allylic oxidation sites excluding steroid dienone is 1. The standard InChI is InChI=1S/C23H31F3N4/c1-6-14-27-20-19(16(3)29-21(30-20)28-15-7-2)12-13-22(4,5)17-8-10-18(11-9-17)23(24,25)26/h8-13H,6-7,14-15H2,1-5H3,(H2,27,28,29,30)/b13-12-. The smallest absolute Gasteiger partial charge is 0.369 e. The second kappa shape index (κ2) is 9.96. The van der Waals surface area contributed by atoms with E-state index in [0.29, 0.717) is 5.95 Å². The summed E-state index contributed by atoms with van der Waals surface area (Å²) in [7, 11) is 0. The van der Waals surface area contributed by atoms with Crippen LogP contribution < -0.4 is 10.6 Å². The summed E-state index contributed by atoms with van der Waals surface area (Å²) in [4.78, 5) is 9.16. The van der Waals surface area contributed by atoms with Gasteiger partial charge < -0.3 is 10.6 Å². The molecule has 30 heavy (non-hydrogen) atoms. The maximum atomic E-state index is 12.8. The highest BCUT2D eigenvalue weighted by molar-refractivity contribution is 5.67. The van der Waals surface area contributed by atoms with Gasteiger partial charge in [0.05, 0.1) is 11.3 Å². The van der Waals surface area contributed by atoms with Crippen molar-refractivity contribution < 1.29 is 13.2 Å². The lowest BCUT2D eigenvalue weighted by Crippen LogP contribution is -2.15. The Morgan fingerprint density at radius 2 is 1.47 bits per heavy atom. The molecule has 1 heterocycles. The molecule has 4 nitrogen and oxygen atoms in total. The normalized spacial score (nSPS) is 12.4. The van der Waals surface area contributed by atoms with Crippen LogP contribution in [0.2, 0.25) is 0 Å². The Bertz CT molecular complexity index is 856. The molecule has 0 spiro atoms. The summed E-state index contributed by atoms with van der Waals surface area (Å²) in [6.07, 6.45) is 1.54. The van der Waals surface area contributed by atoms with Gasteiger partial charge >= 0.3 is 6.18 Å². The zero-order valence-electron chi connectivity index (χ0n) is 18.3. The fourth-order valence-electron chi connectivity index (χ4n) is 2.95. The third-order valence-electron chi connectivity index (χ3n) is 4.83. The van der Waals surface area contributed by atoms with Crippen molar-refractivity contribution >= 4 is 17.8 Å². The van der Waals surface area contributed by atoms with Crippen LogP contribution in [0.5, 0.6) is 0 Å². The molecule has 0 amide bonds. The van der Waals surface area contributed by atoms with Crippen LogP contribution in [0.1, 0.15) is 62.9 Å². The second-order valence-corrected chi connectivity index (χ2v) is 7.88. The predicted octanol–water partition coefficient (Wildman–Crippen LogP) is 6.44. The van der Waals surface area contributed by atoms with Crippen LogP contribution in [-0.2, 0) is 11.6 Å². The largest absolute Gasteiger partial charge is 0.416 e. The number of hydrogen-bond acceptors (Lipinski definition) is 4. The van der Waals surface area contributed by atoms with Crippen molar-refractivity contribution in [2.45, 2.75) is 59.1 Å². The summed E-state index contributed by atoms with van der Waals surface area (Å²) in [5.74, 6) is 1.34. The Kier molecular flexibility index (Phi) is 7.87. The first-order valence-corrected chi connectivity index (χ1v) is 10.3. The van der Waals surface area contributed by atoms with Gasteiger partial charge in [0.25, 0.3) is 0 Å². The molecular formula is C23H31F3N4. The van der Waals surface area contributed by atoms with Crippen LogP contribution in [0, 0.1) is 6.92 Å². The van der Waals surface area contributed by atoms with Crippen LogP contribution in [0.25, 0.3) is 6.08 Å². The lowest BCUT2D eigenvalue weighted by Gasteiger charge is -2.22. The van der Waals surface area contributed by atoms with Gasteiger partial charge in [-0.3, -0.25) is 0 Å². The lowest BCUT2D eigenvalue weighted by atomic mass is 9.83. The van der Waals surface area contributed by atoms with Gasteiger partial charge in [-0.1, -0.05) is 52.0 Å². The van der Waals surface area contributed by atoms with Gasteiger partial charge in [0.1, 0.15) is 5.82 Å². The van der Waals surface area contributed by atoms with Crippen molar-refractivity contribution in [1.82, 2.24) is 9.97 Å². The molecule has 1 aromatic heterocycles. The minimum absolute atomic E-state index is 0.461. The SMILES string of the molecule is CCCNc1nc(C)c(/C=C\C(C)(C)c2ccc(C(F)(F)F)cc2)c(NCCC)n1. The molecule has 0 atom stereocenters. The fourth-order valence-corrected chi connectivity index (χ4v) is 2.95. The molecule has 0 fully saturated rings. The zero-order valence-corrected chi connectivity index (χ0v) is 18.3. The number of nitrogens with zero attached hydrogens (tertiary/aromatic N) is 2. The quantitative estimate of drug-likeness (QED) is 0.490. The van der Waals surface area contributed by atoms with Crippen molar-refractivity contribution in [2.75, 3.05) is 23.7 Å². The van der Waals surface area contributed by atoms with Crippen LogP contribution in [0.4, 0.5) is 24.9 Å². The van der Waals surface area contributed by atoms with E-state index in [1.165, 1.54) is 12.1 Å². The van der Waals surface area contributed by atoms with Gasteiger partial charge in [-0.15, -0.1) is 0 Å². The van der Waals surface area contributed by atoms with Gasteiger partial charge in [0.2, 0.25) is 5.95 Å². The summed E-state index contributed by atoms with van der Waals surface area (Å²) in [5.41, 5.74) is 1.41. The molecule has 1 aromatic carbocycles. The summed E-state index contributed by atoms with van der Waals surface area (Å²) in [6, 6.07) is 5.32. The van der Waals surface area contributed by atoms with Crippen molar-refractivity contribution in [2.24, 2.45) is 0 Å². The molecule has 0 aliphatic carbocycles. The van der Waals surface area contributed by atoms with E-state index in [0.717, 1.165) is 60.7 Å². The van der Waals surface area contributed by atoms with Crippen LogP contribution in [-0.4, -0.2) is 23.1 Å². The number of aromatic nitrogens is 2. The van der Waals surface area contributed by atoms with E-state index in [1.807, 2.05) is 32.9 Å². The zero-order chi connectivity index (χ0) is 22.4. The number of hydrogen-bond donors (Lipinski definition) is 2. The van der Waals surface area contributed by atoms with Crippen molar-refractivity contribution in [3.8, 4) is 0 Å².